The molecule has 112 valence electrons. The van der Waals surface area contributed by atoms with Crippen LogP contribution in [0.1, 0.15) is 24.2 Å². The lowest BCUT2D eigenvalue weighted by molar-refractivity contribution is 0.190. The van der Waals surface area contributed by atoms with Gasteiger partial charge >= 0.3 is 0 Å². The Morgan fingerprint density at radius 3 is 2.67 bits per heavy atom. The van der Waals surface area contributed by atoms with Gasteiger partial charge in [0.2, 0.25) is 0 Å². The molecular formula is C16H16BrClO3. The fourth-order valence-electron chi connectivity index (χ4n) is 1.92. The molecule has 3 nitrogen and oxygen atoms in total. The van der Waals surface area contributed by atoms with Crippen molar-refractivity contribution in [1.29, 1.82) is 0 Å². The lowest BCUT2D eigenvalue weighted by atomic mass is 10.1. The second-order valence-electron chi connectivity index (χ2n) is 4.60. The zero-order chi connectivity index (χ0) is 15.4. The summed E-state index contributed by atoms with van der Waals surface area (Å²) in [5.41, 5.74) is 1.63. The maximum absolute atomic E-state index is 9.80. The molecule has 1 N–H and O–H groups in total. The van der Waals surface area contributed by atoms with Crippen molar-refractivity contribution < 1.29 is 14.6 Å². The summed E-state index contributed by atoms with van der Waals surface area (Å²) >= 11 is 9.44. The molecule has 0 aliphatic heterocycles. The number of aliphatic hydroxyl groups is 1. The number of rotatable bonds is 5. The van der Waals surface area contributed by atoms with Crippen LogP contribution in [0.2, 0.25) is 5.02 Å². The highest BCUT2D eigenvalue weighted by atomic mass is 79.9. The van der Waals surface area contributed by atoms with Gasteiger partial charge in [-0.2, -0.15) is 0 Å². The Hall–Kier alpha value is -1.23. The second-order valence-corrected chi connectivity index (χ2v) is 5.89. The van der Waals surface area contributed by atoms with Crippen molar-refractivity contribution >= 4 is 27.5 Å². The molecule has 1 unspecified atom stereocenters. The van der Waals surface area contributed by atoms with Crippen molar-refractivity contribution in [2.24, 2.45) is 0 Å². The third-order valence-electron chi connectivity index (χ3n) is 3.06. The average molecular weight is 372 g/mol. The Labute approximate surface area is 137 Å². The van der Waals surface area contributed by atoms with Crippen LogP contribution in [0.4, 0.5) is 0 Å². The molecule has 0 heterocycles. The number of methoxy groups -OCH3 is 1. The molecule has 0 saturated carbocycles. The number of halogens is 2. The highest BCUT2D eigenvalue weighted by Crippen LogP contribution is 2.30. The predicted molar refractivity (Wildman–Crippen MR) is 87.1 cm³/mol. The van der Waals surface area contributed by atoms with Crippen molar-refractivity contribution in [2.45, 2.75) is 19.6 Å². The second kappa shape index (κ2) is 7.16. The van der Waals surface area contributed by atoms with Gasteiger partial charge in [0.05, 0.1) is 13.2 Å². The quantitative estimate of drug-likeness (QED) is 0.825. The van der Waals surface area contributed by atoms with Gasteiger partial charge in [-0.25, -0.2) is 0 Å². The van der Waals surface area contributed by atoms with Crippen molar-refractivity contribution in [3.05, 3.63) is 57.0 Å². The van der Waals surface area contributed by atoms with E-state index < -0.39 is 6.10 Å². The van der Waals surface area contributed by atoms with E-state index in [0.29, 0.717) is 22.9 Å². The fraction of sp³-hybridized carbons (Fsp3) is 0.250. The average Bonchev–Trinajstić information content (AvgIpc) is 2.47. The Morgan fingerprint density at radius 2 is 2.00 bits per heavy atom. The first-order valence-electron chi connectivity index (χ1n) is 6.44. The van der Waals surface area contributed by atoms with E-state index in [1.165, 1.54) is 0 Å². The van der Waals surface area contributed by atoms with Gasteiger partial charge in [-0.05, 0) is 43.3 Å². The van der Waals surface area contributed by atoms with Crippen LogP contribution in [-0.4, -0.2) is 12.2 Å². The van der Waals surface area contributed by atoms with Crippen LogP contribution in [0.15, 0.2) is 40.9 Å². The first-order valence-corrected chi connectivity index (χ1v) is 7.61. The number of ether oxygens (including phenoxy) is 2. The van der Waals surface area contributed by atoms with E-state index in [2.05, 4.69) is 15.9 Å². The van der Waals surface area contributed by atoms with Crippen LogP contribution < -0.4 is 9.47 Å². The lowest BCUT2D eigenvalue weighted by Crippen LogP contribution is -2.02. The molecule has 2 rings (SSSR count). The molecule has 0 saturated heterocycles. The van der Waals surface area contributed by atoms with Gasteiger partial charge in [0.15, 0.2) is 0 Å². The Balaban J connectivity index is 2.20. The summed E-state index contributed by atoms with van der Waals surface area (Å²) in [6.07, 6.45) is -0.646. The summed E-state index contributed by atoms with van der Waals surface area (Å²) < 4.78 is 12.0. The number of benzene rings is 2. The topological polar surface area (TPSA) is 38.7 Å². The van der Waals surface area contributed by atoms with Gasteiger partial charge in [0.1, 0.15) is 18.1 Å². The van der Waals surface area contributed by atoms with Crippen molar-refractivity contribution in [1.82, 2.24) is 0 Å². The van der Waals surface area contributed by atoms with E-state index in [1.807, 2.05) is 18.2 Å². The van der Waals surface area contributed by atoms with Crippen LogP contribution in [0.5, 0.6) is 11.5 Å². The molecule has 21 heavy (non-hydrogen) atoms. The number of aliphatic hydroxyl groups excluding tert-OH is 1. The molecule has 0 amide bonds. The largest absolute Gasteiger partial charge is 0.497 e. The number of hydrogen-bond acceptors (Lipinski definition) is 3. The molecule has 0 bridgehead atoms. The van der Waals surface area contributed by atoms with E-state index in [-0.39, 0.29) is 0 Å². The van der Waals surface area contributed by atoms with Gasteiger partial charge in [-0.15, -0.1) is 0 Å². The zero-order valence-electron chi connectivity index (χ0n) is 11.8. The minimum Gasteiger partial charge on any atom is -0.497 e. The third kappa shape index (κ3) is 4.13. The molecule has 0 spiro atoms. The third-order valence-corrected chi connectivity index (χ3v) is 4.07. The van der Waals surface area contributed by atoms with Crippen molar-refractivity contribution in [2.75, 3.05) is 7.11 Å². The van der Waals surface area contributed by atoms with E-state index in [4.69, 9.17) is 21.1 Å². The van der Waals surface area contributed by atoms with Gasteiger partial charge < -0.3 is 14.6 Å². The zero-order valence-corrected chi connectivity index (χ0v) is 14.1. The smallest absolute Gasteiger partial charge is 0.125 e. The molecule has 1 atom stereocenters. The fourth-order valence-corrected chi connectivity index (χ4v) is 2.46. The van der Waals surface area contributed by atoms with Crippen molar-refractivity contribution in [3.63, 3.8) is 0 Å². The summed E-state index contributed by atoms with van der Waals surface area (Å²) in [7, 11) is 1.62. The van der Waals surface area contributed by atoms with Crippen LogP contribution in [0.25, 0.3) is 0 Å². The highest BCUT2D eigenvalue weighted by Gasteiger charge is 2.11. The Morgan fingerprint density at radius 1 is 1.24 bits per heavy atom. The highest BCUT2D eigenvalue weighted by molar-refractivity contribution is 9.10. The van der Waals surface area contributed by atoms with Crippen LogP contribution in [0.3, 0.4) is 0 Å². The van der Waals surface area contributed by atoms with E-state index in [0.717, 1.165) is 15.8 Å². The summed E-state index contributed by atoms with van der Waals surface area (Å²) in [6, 6.07) is 10.9. The molecule has 2 aromatic carbocycles. The van der Waals surface area contributed by atoms with Crippen LogP contribution >= 0.6 is 27.5 Å². The molecule has 2 aromatic rings. The maximum Gasteiger partial charge on any atom is 0.125 e. The lowest BCUT2D eigenvalue weighted by Gasteiger charge is -2.15. The predicted octanol–water partition coefficient (Wildman–Crippen LogP) is 4.74. The van der Waals surface area contributed by atoms with Crippen LogP contribution in [-0.2, 0) is 6.61 Å². The minimum atomic E-state index is -0.646. The molecule has 0 aliphatic carbocycles. The van der Waals surface area contributed by atoms with Gasteiger partial charge in [0, 0.05) is 20.6 Å². The van der Waals surface area contributed by atoms with Crippen LogP contribution in [0, 0.1) is 0 Å². The van der Waals surface area contributed by atoms with Gasteiger partial charge in [-0.1, -0.05) is 27.5 Å². The summed E-state index contributed by atoms with van der Waals surface area (Å²) in [5, 5.41) is 10.4. The van der Waals surface area contributed by atoms with Crippen molar-refractivity contribution in [3.8, 4) is 11.5 Å². The molecular weight excluding hydrogens is 356 g/mol. The first kappa shape index (κ1) is 16.1. The normalized spacial score (nSPS) is 12.0. The SMILES string of the molecule is COc1ccc(Br)c(COc2ccc(Cl)cc2C(C)O)c1. The Kier molecular flexibility index (Phi) is 5.51. The molecule has 0 aliphatic rings. The monoisotopic (exact) mass is 370 g/mol. The number of hydrogen-bond donors (Lipinski definition) is 1. The first-order chi connectivity index (χ1) is 10.0. The van der Waals surface area contributed by atoms with E-state index in [9.17, 15) is 5.11 Å². The summed E-state index contributed by atoms with van der Waals surface area (Å²) in [6.45, 7) is 2.04. The van der Waals surface area contributed by atoms with Gasteiger partial charge in [-0.3, -0.25) is 0 Å². The Bertz CT molecular complexity index is 629. The summed E-state index contributed by atoms with van der Waals surface area (Å²) in [5.74, 6) is 1.38. The molecule has 0 radical (unpaired) electrons. The minimum absolute atomic E-state index is 0.360. The molecule has 0 aromatic heterocycles. The van der Waals surface area contributed by atoms with E-state index >= 15 is 0 Å². The summed E-state index contributed by atoms with van der Waals surface area (Å²) in [4.78, 5) is 0. The standard InChI is InChI=1S/C16H16BrClO3/c1-10(19)14-8-12(18)3-6-16(14)21-9-11-7-13(20-2)4-5-15(11)17/h3-8,10,19H,9H2,1-2H3. The van der Waals surface area contributed by atoms with E-state index in [1.54, 1.807) is 32.2 Å². The molecule has 0 fully saturated rings. The molecule has 5 heteroatoms. The van der Waals surface area contributed by atoms with Gasteiger partial charge in [0.25, 0.3) is 0 Å². The maximum atomic E-state index is 9.80.